The lowest BCUT2D eigenvalue weighted by Crippen LogP contribution is -2.14. The molecule has 0 saturated heterocycles. The normalized spacial score (nSPS) is 13.8. The molecule has 0 unspecified atom stereocenters. The van der Waals surface area contributed by atoms with Crippen LogP contribution >= 0.6 is 0 Å². The molecule has 0 spiro atoms. The summed E-state index contributed by atoms with van der Waals surface area (Å²) in [4.78, 5) is 4.86. The fourth-order valence-corrected chi connectivity index (χ4v) is 8.11. The van der Waals surface area contributed by atoms with Gasteiger partial charge in [0.2, 0.25) is 0 Å². The second kappa shape index (κ2) is 12.2. The summed E-state index contributed by atoms with van der Waals surface area (Å²) >= 11 is 0. The fraction of sp³-hybridized carbons (Fsp3) is 0.130. The molecule has 8 aromatic rings. The smallest absolute Gasteiger partial charge is 0.0561 e. The molecule has 9 rings (SSSR count). The average Bonchev–Trinajstić information content (AvgIpc) is 3.16. The van der Waals surface area contributed by atoms with E-state index in [1.807, 2.05) is 0 Å². The van der Waals surface area contributed by atoms with Crippen molar-refractivity contribution in [3.8, 4) is 0 Å². The highest BCUT2D eigenvalue weighted by Gasteiger charge is 2.25. The molecule has 0 aliphatic heterocycles. The van der Waals surface area contributed by atoms with Crippen molar-refractivity contribution in [1.82, 2.24) is 0 Å². The van der Waals surface area contributed by atoms with Gasteiger partial charge in [-0.05, 0) is 95.1 Å². The number of nitrogens with zero attached hydrogens (tertiary/aromatic N) is 2. The lowest BCUT2D eigenvalue weighted by atomic mass is 9.82. The van der Waals surface area contributed by atoms with Crippen LogP contribution in [0.3, 0.4) is 0 Å². The summed E-state index contributed by atoms with van der Waals surface area (Å²) in [6.07, 6.45) is 6.65. The van der Waals surface area contributed by atoms with Crippen molar-refractivity contribution in [2.75, 3.05) is 9.80 Å². The summed E-state index contributed by atoms with van der Waals surface area (Å²) in [6.45, 7) is 0. The third kappa shape index (κ3) is 4.96. The maximum atomic E-state index is 2.50. The second-order valence-electron chi connectivity index (χ2n) is 13.2. The topological polar surface area (TPSA) is 6.48 Å². The lowest BCUT2D eigenvalue weighted by Gasteiger charge is -2.32. The molecular weight excluding hydrogens is 581 g/mol. The van der Waals surface area contributed by atoms with Crippen LogP contribution in [0.25, 0.3) is 32.3 Å². The first-order valence-corrected chi connectivity index (χ1v) is 17.4. The van der Waals surface area contributed by atoms with Gasteiger partial charge in [0.1, 0.15) is 0 Å². The molecule has 2 nitrogen and oxygen atoms in total. The Balaban J connectivity index is 1.39. The first-order valence-electron chi connectivity index (χ1n) is 17.4. The predicted octanol–water partition coefficient (Wildman–Crippen LogP) is 13.6. The lowest BCUT2D eigenvalue weighted by molar-refractivity contribution is 0.444. The van der Waals surface area contributed by atoms with Crippen molar-refractivity contribution in [3.63, 3.8) is 0 Å². The number of anilines is 6. The van der Waals surface area contributed by atoms with E-state index in [9.17, 15) is 0 Å². The molecule has 0 heterocycles. The van der Waals surface area contributed by atoms with Crippen LogP contribution in [-0.4, -0.2) is 0 Å². The maximum absolute atomic E-state index is 2.50. The monoisotopic (exact) mass is 618 g/mol. The maximum Gasteiger partial charge on any atom is 0.0561 e. The minimum absolute atomic E-state index is 0.657. The van der Waals surface area contributed by atoms with Gasteiger partial charge in [0, 0.05) is 38.9 Å². The van der Waals surface area contributed by atoms with Crippen LogP contribution < -0.4 is 9.80 Å². The molecule has 1 aliphatic carbocycles. The minimum atomic E-state index is 0.657. The Labute approximate surface area is 282 Å². The molecule has 0 amide bonds. The van der Waals surface area contributed by atoms with Crippen LogP contribution in [0.4, 0.5) is 34.1 Å². The van der Waals surface area contributed by atoms with Gasteiger partial charge in [-0.2, -0.15) is 0 Å². The van der Waals surface area contributed by atoms with Gasteiger partial charge < -0.3 is 9.80 Å². The second-order valence-corrected chi connectivity index (χ2v) is 13.2. The highest BCUT2D eigenvalue weighted by atomic mass is 15.2. The van der Waals surface area contributed by atoms with Gasteiger partial charge in [-0.15, -0.1) is 0 Å². The fourth-order valence-electron chi connectivity index (χ4n) is 8.11. The van der Waals surface area contributed by atoms with E-state index in [-0.39, 0.29) is 0 Å². The van der Waals surface area contributed by atoms with E-state index in [1.165, 1.54) is 70.0 Å². The molecule has 0 atom stereocenters. The third-order valence-corrected chi connectivity index (χ3v) is 10.3. The van der Waals surface area contributed by atoms with Gasteiger partial charge in [0.15, 0.2) is 0 Å². The Morgan fingerprint density at radius 3 is 1.17 bits per heavy atom. The molecule has 232 valence electrons. The van der Waals surface area contributed by atoms with E-state index in [0.717, 1.165) is 34.1 Å². The zero-order chi connectivity index (χ0) is 31.9. The van der Waals surface area contributed by atoms with Crippen LogP contribution in [0.5, 0.6) is 0 Å². The zero-order valence-electron chi connectivity index (χ0n) is 27.1. The van der Waals surface area contributed by atoms with Crippen molar-refractivity contribution < 1.29 is 0 Å². The van der Waals surface area contributed by atoms with Gasteiger partial charge in [0.25, 0.3) is 0 Å². The van der Waals surface area contributed by atoms with E-state index in [1.54, 1.807) is 0 Å². The molecular formula is C46H38N2. The van der Waals surface area contributed by atoms with Crippen LogP contribution in [-0.2, 0) is 0 Å². The molecule has 1 saturated carbocycles. The minimum Gasteiger partial charge on any atom is -0.310 e. The summed E-state index contributed by atoms with van der Waals surface area (Å²) in [5.74, 6) is 0.657. The van der Waals surface area contributed by atoms with Crippen LogP contribution in [0, 0.1) is 0 Å². The highest BCUT2D eigenvalue weighted by Crippen LogP contribution is 2.50. The quantitative estimate of drug-likeness (QED) is 0.164. The van der Waals surface area contributed by atoms with E-state index < -0.39 is 0 Å². The highest BCUT2D eigenvalue weighted by molar-refractivity contribution is 6.29. The average molecular weight is 619 g/mol. The summed E-state index contributed by atoms with van der Waals surface area (Å²) in [5.41, 5.74) is 8.37. The van der Waals surface area contributed by atoms with E-state index >= 15 is 0 Å². The zero-order valence-corrected chi connectivity index (χ0v) is 27.1. The summed E-state index contributed by atoms with van der Waals surface area (Å²) in [7, 11) is 0. The molecule has 1 fully saturated rings. The van der Waals surface area contributed by atoms with Crippen molar-refractivity contribution in [3.05, 3.63) is 169 Å². The summed E-state index contributed by atoms with van der Waals surface area (Å²) in [5, 5.41) is 7.87. The molecule has 0 N–H and O–H groups in total. The van der Waals surface area contributed by atoms with Crippen molar-refractivity contribution in [2.45, 2.75) is 38.0 Å². The van der Waals surface area contributed by atoms with Crippen molar-refractivity contribution >= 4 is 66.4 Å². The number of rotatable bonds is 7. The van der Waals surface area contributed by atoms with Crippen LogP contribution in [0.2, 0.25) is 0 Å². The van der Waals surface area contributed by atoms with Gasteiger partial charge in [-0.3, -0.25) is 0 Å². The SMILES string of the molecule is c1ccc(N(c2ccccc2)c2cc(N(c3ccccc3)c3ccccc3)c3ccc4cc(C5CCCCC5)cc5ccc2c3c54)cc1. The molecule has 0 bridgehead atoms. The number of para-hydroxylation sites is 4. The largest absolute Gasteiger partial charge is 0.310 e. The summed E-state index contributed by atoms with van der Waals surface area (Å²) in [6, 6.07) is 60.1. The van der Waals surface area contributed by atoms with E-state index in [2.05, 4.69) is 174 Å². The van der Waals surface area contributed by atoms with Crippen LogP contribution in [0.1, 0.15) is 43.6 Å². The first-order chi connectivity index (χ1) is 23.8. The third-order valence-electron chi connectivity index (χ3n) is 10.3. The van der Waals surface area contributed by atoms with Gasteiger partial charge in [0.05, 0.1) is 11.4 Å². The van der Waals surface area contributed by atoms with Crippen LogP contribution in [0.15, 0.2) is 164 Å². The molecule has 2 heteroatoms. The molecule has 48 heavy (non-hydrogen) atoms. The van der Waals surface area contributed by atoms with Crippen molar-refractivity contribution in [2.24, 2.45) is 0 Å². The predicted molar refractivity (Wildman–Crippen MR) is 205 cm³/mol. The number of benzene rings is 8. The van der Waals surface area contributed by atoms with E-state index in [0.29, 0.717) is 5.92 Å². The Morgan fingerprint density at radius 1 is 0.375 bits per heavy atom. The van der Waals surface area contributed by atoms with Gasteiger partial charge >= 0.3 is 0 Å². The molecule has 0 radical (unpaired) electrons. The Kier molecular flexibility index (Phi) is 7.28. The number of hydrogen-bond acceptors (Lipinski definition) is 2. The van der Waals surface area contributed by atoms with E-state index in [4.69, 9.17) is 0 Å². The van der Waals surface area contributed by atoms with Gasteiger partial charge in [-0.25, -0.2) is 0 Å². The molecule has 1 aliphatic rings. The Bertz CT molecular complexity index is 2080. The molecule has 8 aromatic carbocycles. The number of hydrogen-bond donors (Lipinski definition) is 0. The Morgan fingerprint density at radius 2 is 0.771 bits per heavy atom. The van der Waals surface area contributed by atoms with Crippen molar-refractivity contribution in [1.29, 1.82) is 0 Å². The summed E-state index contributed by atoms with van der Waals surface area (Å²) < 4.78 is 0. The first kappa shape index (κ1) is 28.6. The standard InChI is InChI=1S/C46H38N2/c1-6-16-33(17-7-1)36-30-34-26-28-41-43(47(37-18-8-2-9-19-37)38-20-10-3-11-21-38)32-44(42-29-27-35(31-36)45(34)46(41)42)48(39-22-12-4-13-23-39)40-24-14-5-15-25-40/h2-5,8-15,18-33H,1,6-7,16-17H2. The Hall–Kier alpha value is -5.60. The van der Waals surface area contributed by atoms with Gasteiger partial charge in [-0.1, -0.05) is 128 Å². The molecule has 0 aromatic heterocycles.